The van der Waals surface area contributed by atoms with E-state index in [1.807, 2.05) is 19.3 Å². The molecule has 1 aliphatic carbocycles. The predicted octanol–water partition coefficient (Wildman–Crippen LogP) is 1.69. The van der Waals surface area contributed by atoms with Gasteiger partial charge in [0.25, 0.3) is 0 Å². The molecule has 7 heteroatoms. The second-order valence-corrected chi connectivity index (χ2v) is 5.83. The number of aliphatic hydroxyl groups excluding tert-OH is 1. The van der Waals surface area contributed by atoms with Crippen molar-refractivity contribution < 1.29 is 5.11 Å². The van der Waals surface area contributed by atoms with Gasteiger partial charge in [-0.05, 0) is 25.0 Å². The average molecular weight is 298 g/mol. The third-order valence-electron chi connectivity index (χ3n) is 4.29. The summed E-state index contributed by atoms with van der Waals surface area (Å²) in [5.74, 6) is 2.03. The van der Waals surface area contributed by atoms with Gasteiger partial charge in [0.1, 0.15) is 23.1 Å². The van der Waals surface area contributed by atoms with Crippen LogP contribution in [0.5, 0.6) is 0 Å². The molecule has 114 valence electrons. The maximum Gasteiger partial charge on any atom is 0.160 e. The van der Waals surface area contributed by atoms with E-state index < -0.39 is 6.23 Å². The van der Waals surface area contributed by atoms with Crippen LogP contribution in [0, 0.1) is 0 Å². The minimum atomic E-state index is -0.641. The molecular formula is C15H18N6O. The topological polar surface area (TPSA) is 90.0 Å². The number of aliphatic hydroxyl groups is 1. The maximum absolute atomic E-state index is 9.89. The first-order chi connectivity index (χ1) is 10.7. The Balaban J connectivity index is 1.69. The van der Waals surface area contributed by atoms with E-state index in [4.69, 9.17) is 0 Å². The van der Waals surface area contributed by atoms with Crippen molar-refractivity contribution in [1.82, 2.24) is 25.1 Å². The van der Waals surface area contributed by atoms with Crippen LogP contribution in [0.2, 0.25) is 0 Å². The monoisotopic (exact) mass is 298 g/mol. The summed E-state index contributed by atoms with van der Waals surface area (Å²) in [5.41, 5.74) is 2.41. The van der Waals surface area contributed by atoms with Crippen molar-refractivity contribution in [2.45, 2.75) is 31.4 Å². The molecule has 0 saturated heterocycles. The number of hydrogen-bond acceptors (Lipinski definition) is 6. The fourth-order valence-corrected chi connectivity index (χ4v) is 2.64. The first-order valence-corrected chi connectivity index (χ1v) is 7.49. The van der Waals surface area contributed by atoms with E-state index in [2.05, 4.69) is 25.5 Å². The zero-order valence-electron chi connectivity index (χ0n) is 12.3. The number of aromatic amines is 1. The van der Waals surface area contributed by atoms with Crippen molar-refractivity contribution in [3.8, 4) is 0 Å². The summed E-state index contributed by atoms with van der Waals surface area (Å²) in [6.45, 7) is 0. The lowest BCUT2D eigenvalue weighted by Crippen LogP contribution is -2.28. The van der Waals surface area contributed by atoms with Crippen LogP contribution in [-0.4, -0.2) is 43.4 Å². The Bertz CT molecular complexity index is 760. The quantitative estimate of drug-likeness (QED) is 0.799. The minimum Gasteiger partial charge on any atom is -0.370 e. The van der Waals surface area contributed by atoms with Gasteiger partial charge >= 0.3 is 0 Å². The second kappa shape index (κ2) is 5.10. The molecule has 0 spiro atoms. The molecule has 0 aromatic carbocycles. The van der Waals surface area contributed by atoms with Gasteiger partial charge in [0, 0.05) is 24.9 Å². The molecular weight excluding hydrogens is 280 g/mol. The summed E-state index contributed by atoms with van der Waals surface area (Å²) in [4.78, 5) is 11.0. The number of aromatic nitrogens is 4. The molecule has 22 heavy (non-hydrogen) atoms. The molecule has 1 aliphatic heterocycles. The van der Waals surface area contributed by atoms with Crippen molar-refractivity contribution in [2.24, 2.45) is 0 Å². The summed E-state index contributed by atoms with van der Waals surface area (Å²) >= 11 is 0. The molecule has 1 atom stereocenters. The van der Waals surface area contributed by atoms with Crippen molar-refractivity contribution >= 4 is 16.9 Å². The van der Waals surface area contributed by atoms with Crippen molar-refractivity contribution in [1.29, 1.82) is 0 Å². The standard InChI is InChI=1S/C15H18N6O/c1-21-6-5-10(7-12(21)22)17-15-13-11(8-16-20-13)18-14(19-15)9-3-2-4-9/h5-9,12,22H,2-4H2,1H3,(H,16,20)(H,17,18,19). The largest absolute Gasteiger partial charge is 0.370 e. The molecule has 1 fully saturated rings. The molecule has 1 unspecified atom stereocenters. The van der Waals surface area contributed by atoms with Gasteiger partial charge < -0.3 is 15.3 Å². The predicted molar refractivity (Wildman–Crippen MR) is 82.9 cm³/mol. The highest BCUT2D eigenvalue weighted by Crippen LogP contribution is 2.36. The number of nitrogens with zero attached hydrogens (tertiary/aromatic N) is 4. The summed E-state index contributed by atoms with van der Waals surface area (Å²) in [5, 5.41) is 20.2. The van der Waals surface area contributed by atoms with Crippen LogP contribution >= 0.6 is 0 Å². The molecule has 4 rings (SSSR count). The maximum atomic E-state index is 9.89. The van der Waals surface area contributed by atoms with E-state index in [1.54, 1.807) is 17.2 Å². The number of fused-ring (bicyclic) bond motifs is 1. The van der Waals surface area contributed by atoms with Crippen molar-refractivity contribution in [3.05, 3.63) is 36.1 Å². The lowest BCUT2D eigenvalue weighted by molar-refractivity contribution is 0.0964. The summed E-state index contributed by atoms with van der Waals surface area (Å²) in [6.07, 6.45) is 10.1. The summed E-state index contributed by atoms with van der Waals surface area (Å²) < 4.78 is 0. The molecule has 7 nitrogen and oxygen atoms in total. The number of hydrogen-bond donors (Lipinski definition) is 3. The van der Waals surface area contributed by atoms with Gasteiger partial charge in [-0.1, -0.05) is 6.42 Å². The Labute approximate surface area is 127 Å². The van der Waals surface area contributed by atoms with Gasteiger partial charge in [-0.3, -0.25) is 5.10 Å². The fourth-order valence-electron chi connectivity index (χ4n) is 2.64. The number of allylic oxidation sites excluding steroid dienone is 1. The third-order valence-corrected chi connectivity index (χ3v) is 4.29. The lowest BCUT2D eigenvalue weighted by atomic mass is 9.85. The molecule has 2 aromatic heterocycles. The number of anilines is 1. The molecule has 1 saturated carbocycles. The van der Waals surface area contributed by atoms with Crippen LogP contribution < -0.4 is 5.32 Å². The normalized spacial score (nSPS) is 21.8. The number of H-pyrrole nitrogens is 1. The Kier molecular flexibility index (Phi) is 3.07. The van der Waals surface area contributed by atoms with Crippen LogP contribution in [0.3, 0.4) is 0 Å². The average Bonchev–Trinajstić information content (AvgIpc) is 2.90. The van der Waals surface area contributed by atoms with Gasteiger partial charge in [-0.25, -0.2) is 9.97 Å². The summed E-state index contributed by atoms with van der Waals surface area (Å²) in [6, 6.07) is 0. The highest BCUT2D eigenvalue weighted by atomic mass is 16.3. The van der Waals surface area contributed by atoms with Gasteiger partial charge in [0.2, 0.25) is 0 Å². The zero-order chi connectivity index (χ0) is 15.1. The number of nitrogens with one attached hydrogen (secondary N) is 2. The van der Waals surface area contributed by atoms with E-state index in [0.29, 0.717) is 11.7 Å². The third kappa shape index (κ3) is 2.23. The van der Waals surface area contributed by atoms with Gasteiger partial charge in [-0.15, -0.1) is 0 Å². The second-order valence-electron chi connectivity index (χ2n) is 5.83. The van der Waals surface area contributed by atoms with Crippen molar-refractivity contribution in [2.75, 3.05) is 12.4 Å². The first-order valence-electron chi connectivity index (χ1n) is 7.49. The van der Waals surface area contributed by atoms with Crippen LogP contribution in [0.25, 0.3) is 11.0 Å². The Hall–Kier alpha value is -2.41. The first kappa shape index (κ1) is 13.3. The van der Waals surface area contributed by atoms with Crippen LogP contribution in [-0.2, 0) is 0 Å². The highest BCUT2D eigenvalue weighted by Gasteiger charge is 2.24. The highest BCUT2D eigenvalue weighted by molar-refractivity contribution is 5.85. The molecule has 0 amide bonds. The smallest absolute Gasteiger partial charge is 0.160 e. The lowest BCUT2D eigenvalue weighted by Gasteiger charge is -2.25. The zero-order valence-corrected chi connectivity index (χ0v) is 12.3. The van der Waals surface area contributed by atoms with E-state index in [9.17, 15) is 5.11 Å². The Morgan fingerprint density at radius 2 is 2.23 bits per heavy atom. The SMILES string of the molecule is CN1C=CC(Nc2nc(C3CCC3)nc3cn[nH]c23)=CC1O. The van der Waals surface area contributed by atoms with Crippen LogP contribution in [0.15, 0.2) is 30.2 Å². The van der Waals surface area contributed by atoms with E-state index in [0.717, 1.165) is 35.4 Å². The van der Waals surface area contributed by atoms with Crippen molar-refractivity contribution in [3.63, 3.8) is 0 Å². The van der Waals surface area contributed by atoms with E-state index in [-0.39, 0.29) is 0 Å². The number of likely N-dealkylation sites (N-methyl/N-ethyl adjacent to an activating group) is 1. The molecule has 0 radical (unpaired) electrons. The molecule has 3 heterocycles. The molecule has 2 aliphatic rings. The molecule has 2 aromatic rings. The van der Waals surface area contributed by atoms with Gasteiger partial charge in [0.15, 0.2) is 5.82 Å². The number of rotatable bonds is 3. The molecule has 0 bridgehead atoms. The summed E-state index contributed by atoms with van der Waals surface area (Å²) in [7, 11) is 1.82. The Morgan fingerprint density at radius 1 is 1.36 bits per heavy atom. The Morgan fingerprint density at radius 3 is 2.95 bits per heavy atom. The minimum absolute atomic E-state index is 0.451. The fraction of sp³-hybridized carbons (Fsp3) is 0.400. The van der Waals surface area contributed by atoms with Gasteiger partial charge in [-0.2, -0.15) is 5.10 Å². The van der Waals surface area contributed by atoms with Gasteiger partial charge in [0.05, 0.1) is 6.20 Å². The van der Waals surface area contributed by atoms with E-state index in [1.165, 1.54) is 6.42 Å². The van der Waals surface area contributed by atoms with E-state index >= 15 is 0 Å². The van der Waals surface area contributed by atoms with Crippen LogP contribution in [0.1, 0.15) is 31.0 Å². The molecule has 3 N–H and O–H groups in total. The van der Waals surface area contributed by atoms with Crippen LogP contribution in [0.4, 0.5) is 5.82 Å².